The Balaban J connectivity index is 2.02. The normalized spacial score (nSPS) is 13.0. The van der Waals surface area contributed by atoms with Gasteiger partial charge in [0.2, 0.25) is 12.3 Å². The van der Waals surface area contributed by atoms with E-state index in [0.717, 1.165) is 29.7 Å². The zero-order valence-corrected chi connectivity index (χ0v) is 20.6. The van der Waals surface area contributed by atoms with Crippen molar-refractivity contribution < 1.29 is 27.6 Å². The number of hydrogen-bond acceptors (Lipinski definition) is 6. The second-order valence-electron chi connectivity index (χ2n) is 8.19. The minimum atomic E-state index is -3.37. The molecule has 0 saturated carbocycles. The molecule has 2 amide bonds. The average molecular weight is 489 g/mol. The van der Waals surface area contributed by atoms with Gasteiger partial charge in [0.1, 0.15) is 6.61 Å². The van der Waals surface area contributed by atoms with E-state index >= 15 is 0 Å². The van der Waals surface area contributed by atoms with Crippen molar-refractivity contribution in [1.82, 2.24) is 10.4 Å². The van der Waals surface area contributed by atoms with Crippen molar-refractivity contribution in [2.45, 2.75) is 50.7 Å². The van der Waals surface area contributed by atoms with Crippen LogP contribution in [-0.4, -0.2) is 50.4 Å². The number of ketones is 1. The Morgan fingerprint density at radius 2 is 1.74 bits per heavy atom. The van der Waals surface area contributed by atoms with Gasteiger partial charge in [0.25, 0.3) is 0 Å². The monoisotopic (exact) mass is 488 g/mol. The van der Waals surface area contributed by atoms with Gasteiger partial charge in [-0.25, -0.2) is 13.5 Å². The summed E-state index contributed by atoms with van der Waals surface area (Å²) in [5, 5.41) is 3.84. The molecule has 1 N–H and O–H groups in total. The van der Waals surface area contributed by atoms with Crippen LogP contribution in [0.15, 0.2) is 59.5 Å². The third-order valence-corrected chi connectivity index (χ3v) is 6.48. The van der Waals surface area contributed by atoms with E-state index in [1.54, 1.807) is 6.92 Å². The molecule has 0 heterocycles. The quantitative estimate of drug-likeness (QED) is 0.248. The summed E-state index contributed by atoms with van der Waals surface area (Å²) < 4.78 is 23.2. The summed E-state index contributed by atoms with van der Waals surface area (Å²) in [5.41, 5.74) is 1.19. The van der Waals surface area contributed by atoms with Gasteiger partial charge in [0.15, 0.2) is 15.6 Å². The molecule has 0 aliphatic rings. The van der Waals surface area contributed by atoms with Crippen molar-refractivity contribution in [1.29, 1.82) is 0 Å². The van der Waals surface area contributed by atoms with Gasteiger partial charge in [-0.2, -0.15) is 0 Å². The molecule has 0 aromatic heterocycles. The summed E-state index contributed by atoms with van der Waals surface area (Å²) in [6.45, 7) is 3.84. The maximum absolute atomic E-state index is 13.0. The molecule has 8 nitrogen and oxygen atoms in total. The highest BCUT2D eigenvalue weighted by Gasteiger charge is 2.25. The number of hydrogen-bond donors (Lipinski definition) is 1. The van der Waals surface area contributed by atoms with Crippen LogP contribution < -0.4 is 5.32 Å². The number of unbranched alkanes of at least 4 members (excludes halogenated alkanes) is 1. The van der Waals surface area contributed by atoms with Crippen LogP contribution in [0.1, 0.15) is 49.0 Å². The highest BCUT2D eigenvalue weighted by molar-refractivity contribution is 7.90. The Morgan fingerprint density at radius 3 is 2.29 bits per heavy atom. The number of nitrogens with zero attached hydrogens (tertiary/aromatic N) is 1. The number of hydroxylamine groups is 2. The molecule has 2 atom stereocenters. The van der Waals surface area contributed by atoms with Gasteiger partial charge >= 0.3 is 0 Å². The molecule has 2 aromatic carbocycles. The smallest absolute Gasteiger partial charge is 0.233 e. The highest BCUT2D eigenvalue weighted by atomic mass is 32.2. The first-order valence-electron chi connectivity index (χ1n) is 11.2. The van der Waals surface area contributed by atoms with Gasteiger partial charge in [0.05, 0.1) is 23.4 Å². The maximum atomic E-state index is 13.0. The molecule has 0 spiro atoms. The highest BCUT2D eigenvalue weighted by Crippen LogP contribution is 2.15. The number of carbonyl (C=O) groups is 3. The molecule has 0 radical (unpaired) electrons. The first-order valence-corrected chi connectivity index (χ1v) is 13.1. The van der Waals surface area contributed by atoms with Crippen molar-refractivity contribution in [3.05, 3.63) is 65.7 Å². The summed E-state index contributed by atoms with van der Waals surface area (Å²) in [4.78, 5) is 43.0. The molecule has 0 bridgehead atoms. The third kappa shape index (κ3) is 8.39. The summed E-state index contributed by atoms with van der Waals surface area (Å²) in [6, 6.07) is 14.1. The molecule has 9 heteroatoms. The first kappa shape index (κ1) is 27.2. The average Bonchev–Trinajstić information content (AvgIpc) is 2.83. The van der Waals surface area contributed by atoms with Gasteiger partial charge in [-0.1, -0.05) is 62.2 Å². The van der Waals surface area contributed by atoms with Crippen LogP contribution in [0.25, 0.3) is 0 Å². The fourth-order valence-electron chi connectivity index (χ4n) is 3.34. The molecular formula is C25H32N2O6S. The lowest BCUT2D eigenvalue weighted by Crippen LogP contribution is -2.45. The predicted octanol–water partition coefficient (Wildman–Crippen LogP) is 3.17. The Bertz CT molecular complexity index is 1050. The molecule has 34 heavy (non-hydrogen) atoms. The van der Waals surface area contributed by atoms with E-state index in [-0.39, 0.29) is 29.7 Å². The Hall–Kier alpha value is -3.04. The van der Waals surface area contributed by atoms with Gasteiger partial charge in [0, 0.05) is 11.8 Å². The van der Waals surface area contributed by atoms with Gasteiger partial charge < -0.3 is 5.32 Å². The summed E-state index contributed by atoms with van der Waals surface area (Å²) in [7, 11) is -3.37. The first-order chi connectivity index (χ1) is 16.2. The van der Waals surface area contributed by atoms with E-state index in [0.29, 0.717) is 18.4 Å². The van der Waals surface area contributed by atoms with Crippen LogP contribution in [-0.2, 0) is 30.9 Å². The van der Waals surface area contributed by atoms with Crippen molar-refractivity contribution >= 4 is 27.9 Å². The van der Waals surface area contributed by atoms with E-state index in [4.69, 9.17) is 4.84 Å². The Kier molecular flexibility index (Phi) is 10.4. The van der Waals surface area contributed by atoms with Crippen molar-refractivity contribution in [3.8, 4) is 0 Å². The molecule has 0 fully saturated rings. The lowest BCUT2D eigenvalue weighted by Gasteiger charge is -2.24. The van der Waals surface area contributed by atoms with E-state index in [9.17, 15) is 22.8 Å². The van der Waals surface area contributed by atoms with Crippen LogP contribution >= 0.6 is 0 Å². The SMILES string of the molecule is CCCCC(CN(C=O)OCc1ccccc1)C(=O)NC(C)C(=O)c1ccc(S(C)(=O)=O)cc1. The van der Waals surface area contributed by atoms with Crippen LogP contribution in [0, 0.1) is 5.92 Å². The summed E-state index contributed by atoms with van der Waals surface area (Å²) >= 11 is 0. The topological polar surface area (TPSA) is 110 Å². The molecule has 2 rings (SSSR count). The maximum Gasteiger partial charge on any atom is 0.233 e. The molecule has 184 valence electrons. The number of benzene rings is 2. The molecule has 0 aliphatic carbocycles. The molecule has 0 aliphatic heterocycles. The molecule has 0 saturated heterocycles. The van der Waals surface area contributed by atoms with E-state index in [1.807, 2.05) is 37.3 Å². The fourth-order valence-corrected chi connectivity index (χ4v) is 3.97. The van der Waals surface area contributed by atoms with Crippen LogP contribution in [0.5, 0.6) is 0 Å². The number of nitrogens with one attached hydrogen (secondary N) is 1. The second kappa shape index (κ2) is 13.0. The lowest BCUT2D eigenvalue weighted by atomic mass is 9.99. The number of carbonyl (C=O) groups excluding carboxylic acids is 3. The minimum Gasteiger partial charge on any atom is -0.346 e. The van der Waals surface area contributed by atoms with Gasteiger partial charge in [-0.15, -0.1) is 0 Å². The van der Waals surface area contributed by atoms with E-state index < -0.39 is 21.8 Å². The molecule has 2 aromatic rings. The minimum absolute atomic E-state index is 0.0616. The largest absolute Gasteiger partial charge is 0.346 e. The van der Waals surface area contributed by atoms with Crippen molar-refractivity contribution in [2.75, 3.05) is 12.8 Å². The standard InChI is InChI=1S/C25H32N2O6S/c1-4-5-11-22(16-27(18-28)33-17-20-9-7-6-8-10-20)25(30)26-19(2)24(29)21-12-14-23(15-13-21)34(3,31)32/h6-10,12-15,18-19,22H,4-5,11,16-17H2,1-3H3,(H,26,30). The summed E-state index contributed by atoms with van der Waals surface area (Å²) in [6.07, 6.45) is 3.82. The van der Waals surface area contributed by atoms with Gasteiger partial charge in [-0.05, 0) is 31.0 Å². The van der Waals surface area contributed by atoms with Crippen LogP contribution in [0.3, 0.4) is 0 Å². The van der Waals surface area contributed by atoms with Crippen LogP contribution in [0.4, 0.5) is 0 Å². The zero-order chi connectivity index (χ0) is 25.1. The molecule has 2 unspecified atom stereocenters. The van der Waals surface area contributed by atoms with E-state index in [2.05, 4.69) is 5.32 Å². The number of sulfone groups is 1. The van der Waals surface area contributed by atoms with Crippen molar-refractivity contribution in [2.24, 2.45) is 5.92 Å². The van der Waals surface area contributed by atoms with Crippen molar-refractivity contribution in [3.63, 3.8) is 0 Å². The molecular weight excluding hydrogens is 456 g/mol. The predicted molar refractivity (Wildman–Crippen MR) is 129 cm³/mol. The lowest BCUT2D eigenvalue weighted by molar-refractivity contribution is -0.182. The Labute approximate surface area is 201 Å². The zero-order valence-electron chi connectivity index (χ0n) is 19.8. The number of rotatable bonds is 14. The Morgan fingerprint density at radius 1 is 1.09 bits per heavy atom. The van der Waals surface area contributed by atoms with E-state index in [1.165, 1.54) is 24.3 Å². The second-order valence-corrected chi connectivity index (χ2v) is 10.2. The third-order valence-electron chi connectivity index (χ3n) is 5.35. The summed E-state index contributed by atoms with van der Waals surface area (Å²) in [5.74, 6) is -1.24. The van der Waals surface area contributed by atoms with Crippen LogP contribution in [0.2, 0.25) is 0 Å². The van der Waals surface area contributed by atoms with Gasteiger partial charge in [-0.3, -0.25) is 19.2 Å². The number of Topliss-reactive ketones (excluding diaryl/α,β-unsaturated/α-hetero) is 1. The fraction of sp³-hybridized carbons (Fsp3) is 0.400. The number of amides is 2.